The van der Waals surface area contributed by atoms with Crippen molar-refractivity contribution in [2.75, 3.05) is 19.1 Å². The highest BCUT2D eigenvalue weighted by Gasteiger charge is 2.26. The lowest BCUT2D eigenvalue weighted by molar-refractivity contribution is 0.164. The Morgan fingerprint density at radius 2 is 2.11 bits per heavy atom. The number of nitrogens with two attached hydrogens (primary N) is 1. The fraction of sp³-hybridized carbons (Fsp3) is 0.600. The summed E-state index contributed by atoms with van der Waals surface area (Å²) in [5.74, 6) is 1.14. The van der Waals surface area contributed by atoms with E-state index in [0.29, 0.717) is 6.04 Å². The van der Waals surface area contributed by atoms with E-state index in [9.17, 15) is 0 Å². The Balaban J connectivity index is 3.00. The first-order chi connectivity index (χ1) is 9.01. The normalized spacial score (nSPS) is 16.4. The topological polar surface area (TPSA) is 29.3 Å². The molecule has 4 heteroatoms. The minimum absolute atomic E-state index is 0.107. The molecule has 0 saturated carbocycles. The molecule has 0 aliphatic heterocycles. The molecule has 1 aromatic rings. The zero-order chi connectivity index (χ0) is 14.4. The molecule has 2 nitrogen and oxygen atoms in total. The lowest BCUT2D eigenvalue weighted by Crippen LogP contribution is -2.43. The van der Waals surface area contributed by atoms with E-state index in [1.807, 2.05) is 11.8 Å². The van der Waals surface area contributed by atoms with Gasteiger partial charge in [-0.3, -0.25) is 4.90 Å². The van der Waals surface area contributed by atoms with Crippen LogP contribution in [-0.4, -0.2) is 36.0 Å². The van der Waals surface area contributed by atoms with Crippen LogP contribution in [0.25, 0.3) is 0 Å². The maximum atomic E-state index is 6.24. The third-order valence-corrected chi connectivity index (χ3v) is 4.74. The highest BCUT2D eigenvalue weighted by Crippen LogP contribution is 2.28. The van der Waals surface area contributed by atoms with E-state index in [1.165, 1.54) is 5.56 Å². The molecule has 0 bridgehead atoms. The zero-order valence-corrected chi connectivity index (χ0v) is 14.7. The van der Waals surface area contributed by atoms with Crippen molar-refractivity contribution in [1.82, 2.24) is 4.90 Å². The monoisotopic (exact) mass is 344 g/mol. The molecule has 0 heterocycles. The summed E-state index contributed by atoms with van der Waals surface area (Å²) in [5.41, 5.74) is 7.53. The average Bonchev–Trinajstić information content (AvgIpc) is 2.35. The summed E-state index contributed by atoms with van der Waals surface area (Å²) in [6.07, 6.45) is 3.31. The SMILES string of the molecule is CCC(CSC)N(C)C(c1cccc(Br)c1)C(C)N. The van der Waals surface area contributed by atoms with Gasteiger partial charge in [0.05, 0.1) is 0 Å². The van der Waals surface area contributed by atoms with Crippen LogP contribution < -0.4 is 5.73 Å². The van der Waals surface area contributed by atoms with Gasteiger partial charge in [0.15, 0.2) is 0 Å². The lowest BCUT2D eigenvalue weighted by Gasteiger charge is -2.37. The second-order valence-corrected chi connectivity index (χ2v) is 6.87. The molecule has 3 unspecified atom stereocenters. The Morgan fingerprint density at radius 1 is 1.42 bits per heavy atom. The van der Waals surface area contributed by atoms with Gasteiger partial charge in [-0.05, 0) is 44.3 Å². The smallest absolute Gasteiger partial charge is 0.0497 e. The Morgan fingerprint density at radius 3 is 2.58 bits per heavy atom. The van der Waals surface area contributed by atoms with Gasteiger partial charge < -0.3 is 5.73 Å². The number of halogens is 1. The summed E-state index contributed by atoms with van der Waals surface area (Å²) in [6.45, 7) is 4.34. The Kier molecular flexibility index (Phi) is 7.44. The van der Waals surface area contributed by atoms with Gasteiger partial charge in [0, 0.05) is 28.4 Å². The molecular formula is C15H25BrN2S. The molecule has 1 rings (SSSR count). The van der Waals surface area contributed by atoms with Crippen LogP contribution in [0, 0.1) is 0 Å². The van der Waals surface area contributed by atoms with Gasteiger partial charge >= 0.3 is 0 Å². The van der Waals surface area contributed by atoms with E-state index in [-0.39, 0.29) is 12.1 Å². The van der Waals surface area contributed by atoms with Crippen molar-refractivity contribution in [3.05, 3.63) is 34.3 Å². The maximum absolute atomic E-state index is 6.24. The van der Waals surface area contributed by atoms with Crippen LogP contribution in [0.1, 0.15) is 31.9 Å². The molecule has 0 aromatic heterocycles. The summed E-state index contributed by atoms with van der Waals surface area (Å²) < 4.78 is 1.11. The van der Waals surface area contributed by atoms with Crippen LogP contribution in [0.5, 0.6) is 0 Å². The molecule has 0 spiro atoms. The molecule has 1 aromatic carbocycles. The summed E-state index contributed by atoms with van der Waals surface area (Å²) in [4.78, 5) is 2.43. The van der Waals surface area contributed by atoms with Gasteiger partial charge in [-0.25, -0.2) is 0 Å². The molecule has 0 amide bonds. The Bertz CT molecular complexity index is 384. The Hall–Kier alpha value is -0.0300. The molecule has 0 aliphatic carbocycles. The minimum atomic E-state index is 0.107. The van der Waals surface area contributed by atoms with Crippen molar-refractivity contribution in [3.63, 3.8) is 0 Å². The van der Waals surface area contributed by atoms with E-state index in [4.69, 9.17) is 5.73 Å². The standard InChI is InChI=1S/C15H25BrN2S/c1-5-14(10-19-4)18(3)15(11(2)17)12-7-6-8-13(16)9-12/h6-9,11,14-15H,5,10,17H2,1-4H3. The van der Waals surface area contributed by atoms with Crippen molar-refractivity contribution >= 4 is 27.7 Å². The summed E-state index contributed by atoms with van der Waals surface area (Å²) in [7, 11) is 2.19. The Labute approximate surface area is 130 Å². The first-order valence-corrected chi connectivity index (χ1v) is 8.91. The number of nitrogens with zero attached hydrogens (tertiary/aromatic N) is 1. The average molecular weight is 345 g/mol. The first kappa shape index (κ1) is 17.0. The highest BCUT2D eigenvalue weighted by atomic mass is 79.9. The lowest BCUT2D eigenvalue weighted by atomic mass is 9.98. The number of rotatable bonds is 7. The van der Waals surface area contributed by atoms with Crippen LogP contribution >= 0.6 is 27.7 Å². The third kappa shape index (κ3) is 4.78. The van der Waals surface area contributed by atoms with Crippen LogP contribution in [0.3, 0.4) is 0 Å². The largest absolute Gasteiger partial charge is 0.326 e. The number of hydrogen-bond donors (Lipinski definition) is 1. The predicted molar refractivity (Wildman–Crippen MR) is 90.8 cm³/mol. The van der Waals surface area contributed by atoms with Crippen LogP contribution in [0.4, 0.5) is 0 Å². The van der Waals surface area contributed by atoms with Crippen molar-refractivity contribution < 1.29 is 0 Å². The van der Waals surface area contributed by atoms with Crippen LogP contribution in [0.2, 0.25) is 0 Å². The van der Waals surface area contributed by atoms with Gasteiger partial charge in [-0.2, -0.15) is 11.8 Å². The van der Waals surface area contributed by atoms with Gasteiger partial charge in [-0.15, -0.1) is 0 Å². The van der Waals surface area contributed by atoms with Crippen molar-refractivity contribution in [3.8, 4) is 0 Å². The van der Waals surface area contributed by atoms with E-state index in [2.05, 4.69) is 72.2 Å². The number of benzene rings is 1. The number of hydrogen-bond acceptors (Lipinski definition) is 3. The van der Waals surface area contributed by atoms with Gasteiger partial charge in [0.2, 0.25) is 0 Å². The molecule has 2 N–H and O–H groups in total. The third-order valence-electron chi connectivity index (χ3n) is 3.53. The highest BCUT2D eigenvalue weighted by molar-refractivity contribution is 9.10. The minimum Gasteiger partial charge on any atom is -0.326 e. The van der Waals surface area contributed by atoms with E-state index in [1.54, 1.807) is 0 Å². The second-order valence-electron chi connectivity index (χ2n) is 5.04. The molecule has 0 saturated heterocycles. The summed E-state index contributed by atoms with van der Waals surface area (Å²) in [5, 5.41) is 0. The molecule has 3 atom stereocenters. The first-order valence-electron chi connectivity index (χ1n) is 6.73. The van der Waals surface area contributed by atoms with Gasteiger partial charge in [-0.1, -0.05) is 35.0 Å². The molecule has 19 heavy (non-hydrogen) atoms. The van der Waals surface area contributed by atoms with Crippen molar-refractivity contribution in [2.45, 2.75) is 38.4 Å². The number of likely N-dealkylation sites (N-methyl/N-ethyl adjacent to an activating group) is 1. The maximum Gasteiger partial charge on any atom is 0.0497 e. The summed E-state index contributed by atoms with van der Waals surface area (Å²) >= 11 is 5.45. The van der Waals surface area contributed by atoms with E-state index in [0.717, 1.165) is 16.6 Å². The quantitative estimate of drug-likeness (QED) is 0.812. The molecule has 0 aliphatic rings. The van der Waals surface area contributed by atoms with Crippen molar-refractivity contribution in [2.24, 2.45) is 5.73 Å². The molecular weight excluding hydrogens is 320 g/mol. The predicted octanol–water partition coefficient (Wildman–Crippen LogP) is 3.91. The second kappa shape index (κ2) is 8.30. The zero-order valence-electron chi connectivity index (χ0n) is 12.3. The van der Waals surface area contributed by atoms with E-state index < -0.39 is 0 Å². The van der Waals surface area contributed by atoms with Gasteiger partial charge in [0.25, 0.3) is 0 Å². The molecule has 0 radical (unpaired) electrons. The fourth-order valence-electron chi connectivity index (χ4n) is 2.54. The molecule has 108 valence electrons. The van der Waals surface area contributed by atoms with Crippen molar-refractivity contribution in [1.29, 1.82) is 0 Å². The van der Waals surface area contributed by atoms with E-state index >= 15 is 0 Å². The fourth-order valence-corrected chi connectivity index (χ4v) is 3.82. The van der Waals surface area contributed by atoms with Gasteiger partial charge in [0.1, 0.15) is 0 Å². The number of thioether (sulfide) groups is 1. The molecule has 0 fully saturated rings. The van der Waals surface area contributed by atoms with Crippen LogP contribution in [-0.2, 0) is 0 Å². The van der Waals surface area contributed by atoms with Crippen LogP contribution in [0.15, 0.2) is 28.7 Å². The summed E-state index contributed by atoms with van der Waals surface area (Å²) in [6, 6.07) is 9.41.